The van der Waals surface area contributed by atoms with Crippen molar-refractivity contribution < 1.29 is 57.2 Å². The van der Waals surface area contributed by atoms with Gasteiger partial charge in [0.2, 0.25) is 11.8 Å². The lowest BCUT2D eigenvalue weighted by molar-refractivity contribution is -0.152. The maximum absolute atomic E-state index is 12.9. The normalized spacial score (nSPS) is 14.5. The zero-order valence-electron chi connectivity index (χ0n) is 27.7. The molecule has 2 N–H and O–H groups in total. The SMILES string of the molecule is C=CC(=O)NC(C)(C)C(=O)OCCOc1ccc2c(c1)OC(=O)CC21CC(=O)Oc2cc(OCCOC(=O)C(C)(C)NC(=O)C=C)ccc21. The van der Waals surface area contributed by atoms with Crippen LogP contribution >= 0.6 is 0 Å². The number of carbonyl (C=O) groups is 6. The van der Waals surface area contributed by atoms with Crippen LogP contribution in [0.4, 0.5) is 0 Å². The molecular formula is C35H38N2O12. The van der Waals surface area contributed by atoms with E-state index in [4.69, 9.17) is 28.4 Å². The van der Waals surface area contributed by atoms with Crippen LogP contribution in [0.25, 0.3) is 0 Å². The minimum atomic E-state index is -1.27. The fourth-order valence-electron chi connectivity index (χ4n) is 5.31. The zero-order chi connectivity index (χ0) is 36.0. The van der Waals surface area contributed by atoms with Gasteiger partial charge in [-0.2, -0.15) is 0 Å². The minimum Gasteiger partial charge on any atom is -0.490 e. The first-order chi connectivity index (χ1) is 23.1. The number of hydrogen-bond acceptors (Lipinski definition) is 12. The number of fused-ring (bicyclic) bond motifs is 4. The molecule has 0 saturated carbocycles. The van der Waals surface area contributed by atoms with Gasteiger partial charge in [-0.1, -0.05) is 25.3 Å². The molecule has 0 bridgehead atoms. The molecule has 0 saturated heterocycles. The summed E-state index contributed by atoms with van der Waals surface area (Å²) in [6, 6.07) is 9.75. The number of amides is 2. The molecule has 260 valence electrons. The summed E-state index contributed by atoms with van der Waals surface area (Å²) < 4.78 is 33.0. The Hall–Kier alpha value is -5.66. The van der Waals surface area contributed by atoms with Gasteiger partial charge in [0.25, 0.3) is 0 Å². The van der Waals surface area contributed by atoms with Crippen LogP contribution in [0.3, 0.4) is 0 Å². The molecule has 0 aromatic heterocycles. The van der Waals surface area contributed by atoms with Crippen molar-refractivity contribution in [3.8, 4) is 23.0 Å². The number of hydrogen-bond donors (Lipinski definition) is 2. The van der Waals surface area contributed by atoms with E-state index in [1.807, 2.05) is 0 Å². The number of esters is 4. The van der Waals surface area contributed by atoms with Crippen molar-refractivity contribution in [2.24, 2.45) is 0 Å². The van der Waals surface area contributed by atoms with Crippen molar-refractivity contribution in [3.05, 3.63) is 72.8 Å². The molecule has 49 heavy (non-hydrogen) atoms. The molecule has 14 heteroatoms. The van der Waals surface area contributed by atoms with Gasteiger partial charge in [-0.05, 0) is 52.0 Å². The van der Waals surface area contributed by atoms with Crippen molar-refractivity contribution >= 4 is 35.7 Å². The van der Waals surface area contributed by atoms with Gasteiger partial charge in [0.05, 0.1) is 12.8 Å². The first-order valence-corrected chi connectivity index (χ1v) is 15.3. The van der Waals surface area contributed by atoms with E-state index < -0.39 is 52.2 Å². The van der Waals surface area contributed by atoms with E-state index in [1.54, 1.807) is 24.3 Å². The highest BCUT2D eigenvalue weighted by Crippen LogP contribution is 2.52. The van der Waals surface area contributed by atoms with E-state index in [-0.39, 0.29) is 50.8 Å². The highest BCUT2D eigenvalue weighted by molar-refractivity contribution is 5.93. The summed E-state index contributed by atoms with van der Waals surface area (Å²) in [4.78, 5) is 73.7. The summed E-state index contributed by atoms with van der Waals surface area (Å²) >= 11 is 0. The van der Waals surface area contributed by atoms with E-state index >= 15 is 0 Å². The molecule has 2 amide bonds. The van der Waals surface area contributed by atoms with Crippen LogP contribution in [0.2, 0.25) is 0 Å². The molecule has 4 rings (SSSR count). The topological polar surface area (TPSA) is 182 Å². The van der Waals surface area contributed by atoms with Gasteiger partial charge >= 0.3 is 23.9 Å². The van der Waals surface area contributed by atoms with Crippen molar-refractivity contribution in [1.29, 1.82) is 0 Å². The van der Waals surface area contributed by atoms with Gasteiger partial charge in [-0.25, -0.2) is 9.59 Å². The Balaban J connectivity index is 1.42. The molecule has 2 heterocycles. The Kier molecular flexibility index (Phi) is 10.8. The summed E-state index contributed by atoms with van der Waals surface area (Å²) in [7, 11) is 0. The predicted molar refractivity (Wildman–Crippen MR) is 172 cm³/mol. The van der Waals surface area contributed by atoms with Crippen LogP contribution in [-0.2, 0) is 43.7 Å². The molecule has 0 unspecified atom stereocenters. The summed E-state index contributed by atoms with van der Waals surface area (Å²) in [5, 5.41) is 4.96. The van der Waals surface area contributed by atoms with E-state index in [1.165, 1.54) is 39.8 Å². The largest absolute Gasteiger partial charge is 0.490 e. The minimum absolute atomic E-state index is 0.0319. The van der Waals surface area contributed by atoms with Crippen molar-refractivity contribution in [1.82, 2.24) is 10.6 Å². The molecule has 2 aromatic rings. The Morgan fingerprint density at radius 3 is 1.47 bits per heavy atom. The van der Waals surface area contributed by atoms with E-state index in [2.05, 4.69) is 23.8 Å². The Morgan fingerprint density at radius 1 is 0.714 bits per heavy atom. The van der Waals surface area contributed by atoms with Crippen LogP contribution in [0, 0.1) is 0 Å². The maximum atomic E-state index is 12.9. The molecule has 1 spiro atoms. The monoisotopic (exact) mass is 678 g/mol. The fourth-order valence-corrected chi connectivity index (χ4v) is 5.31. The second-order valence-electron chi connectivity index (χ2n) is 12.3. The smallest absolute Gasteiger partial charge is 0.331 e. The third-order valence-corrected chi connectivity index (χ3v) is 7.71. The number of ether oxygens (including phenoxy) is 6. The lowest BCUT2D eigenvalue weighted by Crippen LogP contribution is -2.50. The number of rotatable bonds is 14. The molecule has 0 fully saturated rings. The fraction of sp³-hybridized carbons (Fsp3) is 0.371. The second-order valence-corrected chi connectivity index (χ2v) is 12.3. The quantitative estimate of drug-likeness (QED) is 0.129. The van der Waals surface area contributed by atoms with Crippen LogP contribution in [0.5, 0.6) is 23.0 Å². The number of carbonyl (C=O) groups excluding carboxylic acids is 6. The molecular weight excluding hydrogens is 640 g/mol. The van der Waals surface area contributed by atoms with Crippen molar-refractivity contribution in [2.75, 3.05) is 26.4 Å². The Bertz CT molecular complexity index is 1570. The lowest BCUT2D eigenvalue weighted by atomic mass is 9.67. The van der Waals surface area contributed by atoms with E-state index in [0.717, 1.165) is 12.2 Å². The van der Waals surface area contributed by atoms with Gasteiger partial charge in [0, 0.05) is 28.7 Å². The van der Waals surface area contributed by atoms with Crippen LogP contribution in [-0.4, -0.2) is 73.2 Å². The van der Waals surface area contributed by atoms with Crippen molar-refractivity contribution in [3.63, 3.8) is 0 Å². The second kappa shape index (κ2) is 14.6. The highest BCUT2D eigenvalue weighted by atomic mass is 16.6. The van der Waals surface area contributed by atoms with E-state index in [9.17, 15) is 28.8 Å². The van der Waals surface area contributed by atoms with Gasteiger partial charge < -0.3 is 39.1 Å². The first kappa shape index (κ1) is 36.2. The average molecular weight is 679 g/mol. The highest BCUT2D eigenvalue weighted by Gasteiger charge is 2.49. The summed E-state index contributed by atoms with van der Waals surface area (Å²) in [6.07, 6.45) is 1.86. The molecule has 0 atom stereocenters. The van der Waals surface area contributed by atoms with Gasteiger partial charge in [0.15, 0.2) is 0 Å². The maximum Gasteiger partial charge on any atom is 0.331 e. The zero-order valence-corrected chi connectivity index (χ0v) is 27.7. The molecule has 14 nitrogen and oxygen atoms in total. The third-order valence-electron chi connectivity index (χ3n) is 7.71. The van der Waals surface area contributed by atoms with Crippen molar-refractivity contribution in [2.45, 2.75) is 57.0 Å². The first-order valence-electron chi connectivity index (χ1n) is 15.3. The summed E-state index contributed by atoms with van der Waals surface area (Å²) in [5.74, 6) is -2.42. The molecule has 2 aromatic carbocycles. The Morgan fingerprint density at radius 2 is 1.10 bits per heavy atom. The lowest BCUT2D eigenvalue weighted by Gasteiger charge is -2.40. The van der Waals surface area contributed by atoms with Gasteiger partial charge in [-0.15, -0.1) is 0 Å². The summed E-state index contributed by atoms with van der Waals surface area (Å²) in [6.45, 7) is 12.4. The molecule has 2 aliphatic rings. The summed E-state index contributed by atoms with van der Waals surface area (Å²) in [5.41, 5.74) is -2.48. The molecule has 0 radical (unpaired) electrons. The average Bonchev–Trinajstić information content (AvgIpc) is 3.03. The molecule has 0 aliphatic carbocycles. The number of benzene rings is 2. The Labute approximate surface area is 282 Å². The molecule has 2 aliphatic heterocycles. The third kappa shape index (κ3) is 8.44. The number of nitrogens with one attached hydrogen (secondary N) is 2. The van der Waals surface area contributed by atoms with Crippen LogP contribution in [0.15, 0.2) is 61.7 Å². The van der Waals surface area contributed by atoms with Gasteiger partial charge in [-0.3, -0.25) is 19.2 Å². The van der Waals surface area contributed by atoms with Crippen LogP contribution < -0.4 is 29.6 Å². The van der Waals surface area contributed by atoms with Gasteiger partial charge in [0.1, 0.15) is 60.5 Å². The van der Waals surface area contributed by atoms with Crippen LogP contribution in [0.1, 0.15) is 51.7 Å². The predicted octanol–water partition coefficient (Wildman–Crippen LogP) is 2.60. The van der Waals surface area contributed by atoms with E-state index in [0.29, 0.717) is 22.6 Å². The standard InChI is InChI=1S/C35H38N2O12/c1-7-27(38)36-33(3,4)31(42)46-15-13-44-21-9-11-23-25(17-21)48-29(40)19-35(23)20-30(41)49-26-18-22(10-12-24(26)35)45-14-16-47-32(43)34(5,6)37-28(39)8-2/h7-12,17-18H,1-2,13-16,19-20H2,3-6H3,(H,36,38)(H,37,39).